The average molecular weight is 332 g/mol. The van der Waals surface area contributed by atoms with Crippen molar-refractivity contribution in [1.29, 1.82) is 0 Å². The van der Waals surface area contributed by atoms with E-state index in [0.717, 1.165) is 15.4 Å². The molecule has 0 radical (unpaired) electrons. The minimum Gasteiger partial charge on any atom is -0.329 e. The molecule has 0 bridgehead atoms. The Kier molecular flexibility index (Phi) is 4.17. The maximum absolute atomic E-state index is 12.3. The van der Waals surface area contributed by atoms with Crippen LogP contribution in [0.5, 0.6) is 0 Å². The molecule has 0 saturated carbocycles. The standard InChI is InChI=1S/C15H16N4OS2/c1-9-4-5-11-12(8-9)22-14(17-11)18-13(20)10(2)21-15-16-6-7-19(15)3/h4-8,10H,1-3H3,(H,17,18,20). The summed E-state index contributed by atoms with van der Waals surface area (Å²) in [5.74, 6) is -0.0659. The van der Waals surface area contributed by atoms with Gasteiger partial charge in [0.15, 0.2) is 10.3 Å². The SMILES string of the molecule is Cc1ccc2nc(NC(=O)C(C)Sc3nccn3C)sc2c1. The number of anilines is 1. The number of carbonyl (C=O) groups excluding carboxylic acids is 1. The van der Waals surface area contributed by atoms with E-state index < -0.39 is 0 Å². The van der Waals surface area contributed by atoms with Gasteiger partial charge in [-0.2, -0.15) is 0 Å². The lowest BCUT2D eigenvalue weighted by atomic mass is 10.2. The fourth-order valence-electron chi connectivity index (χ4n) is 1.97. The lowest BCUT2D eigenvalue weighted by Crippen LogP contribution is -2.22. The van der Waals surface area contributed by atoms with Crippen molar-refractivity contribution in [1.82, 2.24) is 14.5 Å². The Labute approximate surface area is 136 Å². The van der Waals surface area contributed by atoms with E-state index in [2.05, 4.69) is 21.4 Å². The van der Waals surface area contributed by atoms with E-state index in [1.807, 2.05) is 43.8 Å². The number of nitrogens with one attached hydrogen (secondary N) is 1. The Balaban J connectivity index is 1.70. The number of imidazole rings is 1. The highest BCUT2D eigenvalue weighted by Gasteiger charge is 2.18. The zero-order chi connectivity index (χ0) is 15.7. The van der Waals surface area contributed by atoms with Crippen LogP contribution in [0.25, 0.3) is 10.2 Å². The Morgan fingerprint density at radius 1 is 1.45 bits per heavy atom. The summed E-state index contributed by atoms with van der Waals surface area (Å²) in [6, 6.07) is 6.07. The van der Waals surface area contributed by atoms with Gasteiger partial charge in [-0.05, 0) is 31.5 Å². The van der Waals surface area contributed by atoms with Crippen molar-refractivity contribution in [2.75, 3.05) is 5.32 Å². The highest BCUT2D eigenvalue weighted by molar-refractivity contribution is 8.00. The Morgan fingerprint density at radius 2 is 2.27 bits per heavy atom. The van der Waals surface area contributed by atoms with Gasteiger partial charge in [0.2, 0.25) is 5.91 Å². The van der Waals surface area contributed by atoms with Crippen LogP contribution >= 0.6 is 23.1 Å². The topological polar surface area (TPSA) is 59.8 Å². The number of aryl methyl sites for hydroxylation is 2. The highest BCUT2D eigenvalue weighted by atomic mass is 32.2. The van der Waals surface area contributed by atoms with Gasteiger partial charge in [0.25, 0.3) is 0 Å². The summed E-state index contributed by atoms with van der Waals surface area (Å²) in [6.45, 7) is 3.91. The molecule has 7 heteroatoms. The second kappa shape index (κ2) is 6.10. The van der Waals surface area contributed by atoms with Crippen molar-refractivity contribution < 1.29 is 4.79 Å². The number of rotatable bonds is 4. The minimum atomic E-state index is -0.241. The number of nitrogens with zero attached hydrogens (tertiary/aromatic N) is 3. The third-order valence-electron chi connectivity index (χ3n) is 3.20. The lowest BCUT2D eigenvalue weighted by Gasteiger charge is -2.09. The van der Waals surface area contributed by atoms with Gasteiger partial charge in [0, 0.05) is 19.4 Å². The van der Waals surface area contributed by atoms with E-state index >= 15 is 0 Å². The van der Waals surface area contributed by atoms with Crippen molar-refractivity contribution in [2.45, 2.75) is 24.3 Å². The third-order valence-corrected chi connectivity index (χ3v) is 5.31. The van der Waals surface area contributed by atoms with Gasteiger partial charge in [-0.3, -0.25) is 4.79 Å². The molecule has 3 aromatic rings. The molecule has 0 fully saturated rings. The number of fused-ring (bicyclic) bond motifs is 1. The summed E-state index contributed by atoms with van der Waals surface area (Å²) in [6.07, 6.45) is 3.59. The summed E-state index contributed by atoms with van der Waals surface area (Å²) in [5, 5.41) is 4.11. The van der Waals surface area contributed by atoms with E-state index in [-0.39, 0.29) is 11.2 Å². The number of thiazole rings is 1. The van der Waals surface area contributed by atoms with E-state index in [4.69, 9.17) is 0 Å². The first-order chi connectivity index (χ1) is 10.5. The average Bonchev–Trinajstić information content (AvgIpc) is 3.04. The summed E-state index contributed by atoms with van der Waals surface area (Å²) in [7, 11) is 1.91. The first-order valence-electron chi connectivity index (χ1n) is 6.85. The molecule has 1 aromatic carbocycles. The summed E-state index contributed by atoms with van der Waals surface area (Å²) in [4.78, 5) is 21.0. The van der Waals surface area contributed by atoms with Crippen LogP contribution in [-0.4, -0.2) is 25.7 Å². The molecule has 5 nitrogen and oxygen atoms in total. The molecule has 0 saturated heterocycles. The van der Waals surface area contributed by atoms with Crippen LogP contribution < -0.4 is 5.32 Å². The molecule has 1 N–H and O–H groups in total. The maximum atomic E-state index is 12.3. The number of benzene rings is 1. The smallest absolute Gasteiger partial charge is 0.239 e. The number of amides is 1. The van der Waals surface area contributed by atoms with Gasteiger partial charge < -0.3 is 9.88 Å². The molecule has 2 aromatic heterocycles. The fraction of sp³-hybridized carbons (Fsp3) is 0.267. The van der Waals surface area contributed by atoms with Crippen LogP contribution in [0.3, 0.4) is 0 Å². The number of hydrogen-bond acceptors (Lipinski definition) is 5. The number of thioether (sulfide) groups is 1. The summed E-state index contributed by atoms with van der Waals surface area (Å²) >= 11 is 2.93. The monoisotopic (exact) mass is 332 g/mol. The summed E-state index contributed by atoms with van der Waals surface area (Å²) < 4.78 is 2.98. The van der Waals surface area contributed by atoms with Crippen molar-refractivity contribution in [3.05, 3.63) is 36.2 Å². The molecule has 1 unspecified atom stereocenters. The van der Waals surface area contributed by atoms with E-state index in [0.29, 0.717) is 5.13 Å². The molecule has 0 spiro atoms. The van der Waals surface area contributed by atoms with Crippen LogP contribution in [0.2, 0.25) is 0 Å². The molecule has 1 amide bonds. The predicted molar refractivity (Wildman–Crippen MR) is 91.5 cm³/mol. The van der Waals surface area contributed by atoms with Crippen LogP contribution in [-0.2, 0) is 11.8 Å². The lowest BCUT2D eigenvalue weighted by molar-refractivity contribution is -0.115. The van der Waals surface area contributed by atoms with Crippen LogP contribution in [0.1, 0.15) is 12.5 Å². The van der Waals surface area contributed by atoms with Gasteiger partial charge in [0.05, 0.1) is 15.5 Å². The third kappa shape index (κ3) is 3.15. The highest BCUT2D eigenvalue weighted by Crippen LogP contribution is 2.28. The van der Waals surface area contributed by atoms with Gasteiger partial charge in [-0.25, -0.2) is 9.97 Å². The summed E-state index contributed by atoms with van der Waals surface area (Å²) in [5.41, 5.74) is 2.10. The Morgan fingerprint density at radius 3 is 3.00 bits per heavy atom. The molecular formula is C15H16N4OS2. The van der Waals surface area contributed by atoms with Crippen LogP contribution in [0.4, 0.5) is 5.13 Å². The second-order valence-electron chi connectivity index (χ2n) is 5.06. The fourth-order valence-corrected chi connectivity index (χ4v) is 3.77. The number of carbonyl (C=O) groups is 1. The van der Waals surface area contributed by atoms with E-state index in [1.165, 1.54) is 28.7 Å². The molecule has 0 aliphatic carbocycles. The van der Waals surface area contributed by atoms with E-state index in [9.17, 15) is 4.79 Å². The van der Waals surface area contributed by atoms with Gasteiger partial charge >= 0.3 is 0 Å². The quantitative estimate of drug-likeness (QED) is 0.743. The Bertz CT molecular complexity index is 824. The van der Waals surface area contributed by atoms with Crippen molar-refractivity contribution in [2.24, 2.45) is 7.05 Å². The zero-order valence-corrected chi connectivity index (χ0v) is 14.2. The second-order valence-corrected chi connectivity index (χ2v) is 7.40. The molecule has 2 heterocycles. The number of aromatic nitrogens is 3. The largest absolute Gasteiger partial charge is 0.329 e. The maximum Gasteiger partial charge on any atom is 0.239 e. The molecule has 1 atom stereocenters. The molecule has 0 aliphatic rings. The zero-order valence-electron chi connectivity index (χ0n) is 12.5. The van der Waals surface area contributed by atoms with Crippen LogP contribution in [0, 0.1) is 6.92 Å². The van der Waals surface area contributed by atoms with E-state index in [1.54, 1.807) is 6.20 Å². The predicted octanol–water partition coefficient (Wildman–Crippen LogP) is 3.46. The normalized spacial score (nSPS) is 12.5. The molecule has 22 heavy (non-hydrogen) atoms. The van der Waals surface area contributed by atoms with Crippen molar-refractivity contribution in [3.63, 3.8) is 0 Å². The van der Waals surface area contributed by atoms with Gasteiger partial charge in [0.1, 0.15) is 0 Å². The van der Waals surface area contributed by atoms with Crippen molar-refractivity contribution >= 4 is 44.4 Å². The number of hydrogen-bond donors (Lipinski definition) is 1. The molecule has 114 valence electrons. The first-order valence-corrected chi connectivity index (χ1v) is 8.54. The first kappa shape index (κ1) is 15.1. The Hall–Kier alpha value is -1.86. The van der Waals surface area contributed by atoms with Gasteiger partial charge in [-0.15, -0.1) is 0 Å². The molecular weight excluding hydrogens is 316 g/mol. The minimum absolute atomic E-state index is 0.0659. The van der Waals surface area contributed by atoms with Gasteiger partial charge in [-0.1, -0.05) is 29.2 Å². The van der Waals surface area contributed by atoms with Crippen molar-refractivity contribution in [3.8, 4) is 0 Å². The molecule has 0 aliphatic heterocycles. The molecule has 3 rings (SSSR count). The van der Waals surface area contributed by atoms with Crippen LogP contribution in [0.15, 0.2) is 35.7 Å².